The van der Waals surface area contributed by atoms with Gasteiger partial charge in [-0.25, -0.2) is 9.97 Å². The van der Waals surface area contributed by atoms with Crippen LogP contribution in [0.1, 0.15) is 18.3 Å². The molecular weight excluding hydrogens is 323 g/mol. The minimum atomic E-state index is -4.53. The second-order valence-corrected chi connectivity index (χ2v) is 5.52. The topological polar surface area (TPSA) is 56.1 Å². The Hall–Kier alpha value is -2.16. The predicted octanol–water partition coefficient (Wildman–Crippen LogP) is 2.52. The van der Waals surface area contributed by atoms with Gasteiger partial charge < -0.3 is 9.64 Å². The molecule has 0 saturated carbocycles. The van der Waals surface area contributed by atoms with Crippen LogP contribution in [0.2, 0.25) is 0 Å². The van der Waals surface area contributed by atoms with Gasteiger partial charge in [0.1, 0.15) is 0 Å². The van der Waals surface area contributed by atoms with Crippen molar-refractivity contribution in [3.8, 4) is 11.3 Å². The standard InChI is InChI=1S/C15H18F3N5O/c1-3-23-9-11(10(2)21-23)12-8-13(15(16,17)18)20-14(19-12)22-4-6-24-7-5-22/h8-9H,3-7H2,1-2H3. The maximum absolute atomic E-state index is 13.2. The first-order valence-electron chi connectivity index (χ1n) is 7.72. The van der Waals surface area contributed by atoms with Crippen molar-refractivity contribution in [2.24, 2.45) is 0 Å². The Morgan fingerprint density at radius 2 is 1.92 bits per heavy atom. The number of rotatable bonds is 3. The smallest absolute Gasteiger partial charge is 0.378 e. The molecular formula is C15H18F3N5O. The van der Waals surface area contributed by atoms with Crippen LogP contribution in [0.3, 0.4) is 0 Å². The monoisotopic (exact) mass is 341 g/mol. The van der Waals surface area contributed by atoms with E-state index in [1.165, 1.54) is 0 Å². The van der Waals surface area contributed by atoms with E-state index in [2.05, 4.69) is 15.1 Å². The van der Waals surface area contributed by atoms with E-state index in [9.17, 15) is 13.2 Å². The number of aryl methyl sites for hydroxylation is 2. The summed E-state index contributed by atoms with van der Waals surface area (Å²) < 4.78 is 46.7. The second-order valence-electron chi connectivity index (χ2n) is 5.52. The van der Waals surface area contributed by atoms with Crippen molar-refractivity contribution < 1.29 is 17.9 Å². The Morgan fingerprint density at radius 1 is 1.21 bits per heavy atom. The molecule has 1 aliphatic heterocycles. The maximum atomic E-state index is 13.2. The summed E-state index contributed by atoms with van der Waals surface area (Å²) >= 11 is 0. The number of morpholine rings is 1. The van der Waals surface area contributed by atoms with Crippen molar-refractivity contribution in [1.29, 1.82) is 0 Å². The number of halogens is 3. The molecule has 0 amide bonds. The molecule has 0 aliphatic carbocycles. The van der Waals surface area contributed by atoms with E-state index in [4.69, 9.17) is 4.74 Å². The van der Waals surface area contributed by atoms with Gasteiger partial charge in [-0.1, -0.05) is 0 Å². The average Bonchev–Trinajstić information content (AvgIpc) is 2.95. The fourth-order valence-electron chi connectivity index (χ4n) is 2.55. The summed E-state index contributed by atoms with van der Waals surface area (Å²) in [6.45, 7) is 6.13. The van der Waals surface area contributed by atoms with Crippen LogP contribution in [0, 0.1) is 6.92 Å². The first-order chi connectivity index (χ1) is 11.4. The van der Waals surface area contributed by atoms with Crippen LogP contribution >= 0.6 is 0 Å². The lowest BCUT2D eigenvalue weighted by molar-refractivity contribution is -0.141. The molecule has 3 heterocycles. The zero-order valence-corrected chi connectivity index (χ0v) is 13.5. The number of anilines is 1. The van der Waals surface area contributed by atoms with Crippen molar-refractivity contribution in [3.63, 3.8) is 0 Å². The van der Waals surface area contributed by atoms with Crippen LogP contribution in [0.5, 0.6) is 0 Å². The van der Waals surface area contributed by atoms with Crippen LogP contribution in [-0.2, 0) is 17.5 Å². The molecule has 0 unspecified atom stereocenters. The normalized spacial score (nSPS) is 15.8. The summed E-state index contributed by atoms with van der Waals surface area (Å²) in [7, 11) is 0. The summed E-state index contributed by atoms with van der Waals surface area (Å²) in [5.74, 6) is 0.0757. The van der Waals surface area contributed by atoms with Gasteiger partial charge in [-0.2, -0.15) is 18.3 Å². The van der Waals surface area contributed by atoms with Gasteiger partial charge in [0.05, 0.1) is 24.6 Å². The lowest BCUT2D eigenvalue weighted by Gasteiger charge is -2.27. The zero-order valence-electron chi connectivity index (χ0n) is 13.5. The fraction of sp³-hybridized carbons (Fsp3) is 0.533. The van der Waals surface area contributed by atoms with E-state index in [-0.39, 0.29) is 11.6 Å². The van der Waals surface area contributed by atoms with Gasteiger partial charge >= 0.3 is 6.18 Å². The predicted molar refractivity (Wildman–Crippen MR) is 81.7 cm³/mol. The third kappa shape index (κ3) is 3.35. The van der Waals surface area contributed by atoms with Crippen molar-refractivity contribution in [1.82, 2.24) is 19.7 Å². The first kappa shape index (κ1) is 16.7. The van der Waals surface area contributed by atoms with Crippen molar-refractivity contribution in [3.05, 3.63) is 23.7 Å². The molecule has 24 heavy (non-hydrogen) atoms. The highest BCUT2D eigenvalue weighted by molar-refractivity contribution is 5.63. The average molecular weight is 341 g/mol. The van der Waals surface area contributed by atoms with Gasteiger partial charge in [0.15, 0.2) is 5.69 Å². The van der Waals surface area contributed by atoms with Gasteiger partial charge in [0, 0.05) is 31.4 Å². The van der Waals surface area contributed by atoms with Gasteiger partial charge in [-0.05, 0) is 19.9 Å². The zero-order chi connectivity index (χ0) is 17.3. The third-order valence-electron chi connectivity index (χ3n) is 3.85. The lowest BCUT2D eigenvalue weighted by Crippen LogP contribution is -2.37. The van der Waals surface area contributed by atoms with E-state index in [0.717, 1.165) is 6.07 Å². The summed E-state index contributed by atoms with van der Waals surface area (Å²) in [4.78, 5) is 9.78. The largest absolute Gasteiger partial charge is 0.433 e. The lowest BCUT2D eigenvalue weighted by atomic mass is 10.1. The van der Waals surface area contributed by atoms with E-state index < -0.39 is 11.9 Å². The summed E-state index contributed by atoms with van der Waals surface area (Å²) in [5, 5.41) is 4.28. The molecule has 0 spiro atoms. The van der Waals surface area contributed by atoms with Crippen LogP contribution in [-0.4, -0.2) is 46.1 Å². The Morgan fingerprint density at radius 3 is 2.50 bits per heavy atom. The molecule has 2 aromatic heterocycles. The van der Waals surface area contributed by atoms with Crippen LogP contribution in [0.25, 0.3) is 11.3 Å². The van der Waals surface area contributed by atoms with Gasteiger partial charge in [-0.3, -0.25) is 4.68 Å². The number of hydrogen-bond donors (Lipinski definition) is 0. The summed E-state index contributed by atoms with van der Waals surface area (Å²) in [6, 6.07) is 0.980. The number of nitrogens with zero attached hydrogens (tertiary/aromatic N) is 5. The molecule has 1 saturated heterocycles. The van der Waals surface area contributed by atoms with Crippen molar-refractivity contribution in [2.45, 2.75) is 26.6 Å². The van der Waals surface area contributed by atoms with Crippen molar-refractivity contribution >= 4 is 5.95 Å². The molecule has 0 radical (unpaired) electrons. The molecule has 1 aliphatic rings. The summed E-state index contributed by atoms with van der Waals surface area (Å²) in [5.41, 5.74) is 0.504. The SMILES string of the molecule is CCn1cc(-c2cc(C(F)(F)F)nc(N3CCOCC3)n2)c(C)n1. The molecule has 0 aromatic carbocycles. The van der Waals surface area contributed by atoms with E-state index in [1.54, 1.807) is 22.7 Å². The Bertz CT molecular complexity index is 722. The molecule has 6 nitrogen and oxygen atoms in total. The van der Waals surface area contributed by atoms with E-state index in [1.807, 2.05) is 6.92 Å². The van der Waals surface area contributed by atoms with Gasteiger partial charge in [0.2, 0.25) is 5.95 Å². The van der Waals surface area contributed by atoms with Crippen LogP contribution < -0.4 is 4.90 Å². The maximum Gasteiger partial charge on any atom is 0.433 e. The molecule has 1 fully saturated rings. The quantitative estimate of drug-likeness (QED) is 0.859. The number of aromatic nitrogens is 4. The van der Waals surface area contributed by atoms with Crippen molar-refractivity contribution in [2.75, 3.05) is 31.2 Å². The van der Waals surface area contributed by atoms with Gasteiger partial charge in [0.25, 0.3) is 0 Å². The number of ether oxygens (including phenoxy) is 1. The molecule has 130 valence electrons. The highest BCUT2D eigenvalue weighted by Crippen LogP contribution is 2.32. The Labute approximate surface area is 137 Å². The Balaban J connectivity index is 2.08. The third-order valence-corrected chi connectivity index (χ3v) is 3.85. The van der Waals surface area contributed by atoms with Gasteiger partial charge in [-0.15, -0.1) is 0 Å². The highest BCUT2D eigenvalue weighted by atomic mass is 19.4. The second kappa shape index (κ2) is 6.39. The molecule has 0 N–H and O–H groups in total. The van der Waals surface area contributed by atoms with Crippen LogP contribution in [0.4, 0.5) is 19.1 Å². The molecule has 0 bridgehead atoms. The summed E-state index contributed by atoms with van der Waals surface area (Å²) in [6.07, 6.45) is -2.83. The molecule has 9 heteroatoms. The van der Waals surface area contributed by atoms with Crippen LogP contribution in [0.15, 0.2) is 12.3 Å². The number of hydrogen-bond acceptors (Lipinski definition) is 5. The first-order valence-corrected chi connectivity index (χ1v) is 7.72. The van der Waals surface area contributed by atoms with E-state index >= 15 is 0 Å². The molecule has 3 rings (SSSR count). The van der Waals surface area contributed by atoms with E-state index in [0.29, 0.717) is 44.1 Å². The Kier molecular flexibility index (Phi) is 4.44. The number of alkyl halides is 3. The minimum Gasteiger partial charge on any atom is -0.378 e. The fourth-order valence-corrected chi connectivity index (χ4v) is 2.55. The minimum absolute atomic E-state index is 0.0757. The molecule has 2 aromatic rings. The highest BCUT2D eigenvalue weighted by Gasteiger charge is 2.34. The molecule has 0 atom stereocenters.